The van der Waals surface area contributed by atoms with E-state index in [9.17, 15) is 10.1 Å². The Kier molecular flexibility index (Phi) is 4.71. The minimum atomic E-state index is -0.856. The quantitative estimate of drug-likeness (QED) is 0.806. The van der Waals surface area contributed by atoms with Crippen LogP contribution in [0.4, 0.5) is 0 Å². The number of nitriles is 1. The molecule has 0 aliphatic carbocycles. The molecule has 0 radical (unpaired) electrons. The molecule has 1 aromatic heterocycles. The Balaban J connectivity index is 2.78. The molecule has 0 spiro atoms. The summed E-state index contributed by atoms with van der Waals surface area (Å²) in [5.74, 6) is -0.0730. The zero-order valence-corrected chi connectivity index (χ0v) is 11.4. The fourth-order valence-corrected chi connectivity index (χ4v) is 2.51. The van der Waals surface area contributed by atoms with Crippen molar-refractivity contribution in [2.24, 2.45) is 5.41 Å². The molecule has 17 heavy (non-hydrogen) atoms. The number of carbonyl (C=O) groups is 1. The van der Waals surface area contributed by atoms with Crippen LogP contribution in [0.5, 0.6) is 0 Å². The lowest BCUT2D eigenvalue weighted by Gasteiger charge is -2.28. The number of hydrogen-bond donors (Lipinski definition) is 0. The Labute approximate surface area is 107 Å². The van der Waals surface area contributed by atoms with Crippen LogP contribution in [0.25, 0.3) is 0 Å². The van der Waals surface area contributed by atoms with E-state index in [0.29, 0.717) is 19.4 Å². The molecule has 1 amide bonds. The predicted octanol–water partition coefficient (Wildman–Crippen LogP) is 3.04. The minimum Gasteiger partial charge on any atom is -0.340 e. The van der Waals surface area contributed by atoms with E-state index >= 15 is 0 Å². The average molecular weight is 250 g/mol. The SMILES string of the molecule is CCC(C#N)(CC)C(=O)N(C)Cc1ccsc1. The van der Waals surface area contributed by atoms with E-state index in [2.05, 4.69) is 6.07 Å². The normalized spacial score (nSPS) is 10.9. The fourth-order valence-electron chi connectivity index (χ4n) is 1.85. The zero-order chi connectivity index (χ0) is 12.9. The first-order chi connectivity index (χ1) is 8.09. The van der Waals surface area contributed by atoms with Crippen molar-refractivity contribution in [2.75, 3.05) is 7.05 Å². The molecular weight excluding hydrogens is 232 g/mol. The standard InChI is InChI=1S/C13H18N2OS/c1-4-13(5-2,10-14)12(16)15(3)8-11-6-7-17-9-11/h6-7,9H,4-5,8H2,1-3H3. The third-order valence-electron chi connectivity index (χ3n) is 3.18. The molecule has 1 aromatic rings. The van der Waals surface area contributed by atoms with Gasteiger partial charge < -0.3 is 4.90 Å². The van der Waals surface area contributed by atoms with Gasteiger partial charge in [0, 0.05) is 13.6 Å². The number of hydrogen-bond acceptors (Lipinski definition) is 3. The monoisotopic (exact) mass is 250 g/mol. The first-order valence-corrected chi connectivity index (χ1v) is 6.71. The van der Waals surface area contributed by atoms with Gasteiger partial charge in [0.2, 0.25) is 5.91 Å². The Bertz CT molecular complexity index is 402. The largest absolute Gasteiger partial charge is 0.340 e. The van der Waals surface area contributed by atoms with Gasteiger partial charge in [-0.15, -0.1) is 0 Å². The third-order valence-corrected chi connectivity index (χ3v) is 3.91. The number of rotatable bonds is 5. The predicted molar refractivity (Wildman–Crippen MR) is 69.4 cm³/mol. The fraction of sp³-hybridized carbons (Fsp3) is 0.538. The molecule has 0 bridgehead atoms. The lowest BCUT2D eigenvalue weighted by Crippen LogP contribution is -2.40. The highest BCUT2D eigenvalue weighted by Gasteiger charge is 2.37. The van der Waals surface area contributed by atoms with Gasteiger partial charge in [-0.05, 0) is 35.2 Å². The van der Waals surface area contributed by atoms with Crippen molar-refractivity contribution in [2.45, 2.75) is 33.2 Å². The lowest BCUT2D eigenvalue weighted by atomic mass is 9.82. The van der Waals surface area contributed by atoms with Gasteiger partial charge in [-0.2, -0.15) is 16.6 Å². The van der Waals surface area contributed by atoms with Crippen molar-refractivity contribution in [1.82, 2.24) is 4.90 Å². The van der Waals surface area contributed by atoms with Crippen LogP contribution in [-0.4, -0.2) is 17.9 Å². The summed E-state index contributed by atoms with van der Waals surface area (Å²) in [7, 11) is 1.76. The molecule has 0 N–H and O–H groups in total. The summed E-state index contributed by atoms with van der Waals surface area (Å²) in [6.07, 6.45) is 1.12. The molecule has 0 saturated heterocycles. The van der Waals surface area contributed by atoms with E-state index in [0.717, 1.165) is 5.56 Å². The van der Waals surface area contributed by atoms with Gasteiger partial charge in [-0.3, -0.25) is 4.79 Å². The van der Waals surface area contributed by atoms with Crippen LogP contribution in [0.3, 0.4) is 0 Å². The Morgan fingerprint density at radius 2 is 2.18 bits per heavy atom. The van der Waals surface area contributed by atoms with Crippen molar-refractivity contribution in [3.63, 3.8) is 0 Å². The summed E-state index contributed by atoms with van der Waals surface area (Å²) in [6, 6.07) is 4.19. The van der Waals surface area contributed by atoms with Gasteiger partial charge >= 0.3 is 0 Å². The van der Waals surface area contributed by atoms with Crippen molar-refractivity contribution in [3.05, 3.63) is 22.4 Å². The maximum Gasteiger partial charge on any atom is 0.243 e. The van der Waals surface area contributed by atoms with Gasteiger partial charge in [0.15, 0.2) is 0 Å². The van der Waals surface area contributed by atoms with E-state index in [1.54, 1.807) is 23.3 Å². The maximum absolute atomic E-state index is 12.3. The van der Waals surface area contributed by atoms with Crippen molar-refractivity contribution < 1.29 is 4.79 Å². The number of carbonyl (C=O) groups excluding carboxylic acids is 1. The van der Waals surface area contributed by atoms with Crippen molar-refractivity contribution in [3.8, 4) is 6.07 Å². The smallest absolute Gasteiger partial charge is 0.243 e. The molecule has 0 aliphatic rings. The zero-order valence-electron chi connectivity index (χ0n) is 10.6. The summed E-state index contributed by atoms with van der Waals surface area (Å²) in [6.45, 7) is 4.36. The van der Waals surface area contributed by atoms with Crippen molar-refractivity contribution >= 4 is 17.2 Å². The van der Waals surface area contributed by atoms with Gasteiger partial charge in [0.25, 0.3) is 0 Å². The molecule has 1 heterocycles. The highest BCUT2D eigenvalue weighted by Crippen LogP contribution is 2.28. The Morgan fingerprint density at radius 3 is 2.59 bits per heavy atom. The molecule has 1 rings (SSSR count). The Hall–Kier alpha value is -1.34. The molecular formula is C13H18N2OS. The van der Waals surface area contributed by atoms with E-state index in [4.69, 9.17) is 0 Å². The van der Waals surface area contributed by atoms with Crippen LogP contribution in [0.2, 0.25) is 0 Å². The summed E-state index contributed by atoms with van der Waals surface area (Å²) in [5.41, 5.74) is 0.259. The third kappa shape index (κ3) is 2.86. The second kappa shape index (κ2) is 5.83. The highest BCUT2D eigenvalue weighted by atomic mass is 32.1. The molecule has 0 fully saturated rings. The van der Waals surface area contributed by atoms with Crippen LogP contribution in [0, 0.1) is 16.7 Å². The molecule has 0 saturated carbocycles. The van der Waals surface area contributed by atoms with E-state index < -0.39 is 5.41 Å². The summed E-state index contributed by atoms with van der Waals surface area (Å²) >= 11 is 1.62. The second-order valence-electron chi connectivity index (χ2n) is 4.19. The maximum atomic E-state index is 12.3. The van der Waals surface area contributed by atoms with Crippen molar-refractivity contribution in [1.29, 1.82) is 5.26 Å². The molecule has 92 valence electrons. The summed E-state index contributed by atoms with van der Waals surface area (Å²) < 4.78 is 0. The lowest BCUT2D eigenvalue weighted by molar-refractivity contribution is -0.138. The topological polar surface area (TPSA) is 44.1 Å². The number of amides is 1. The van der Waals surface area contributed by atoms with E-state index in [1.807, 2.05) is 30.7 Å². The average Bonchev–Trinajstić information content (AvgIpc) is 2.84. The van der Waals surface area contributed by atoms with Crippen LogP contribution >= 0.6 is 11.3 Å². The minimum absolute atomic E-state index is 0.0730. The van der Waals surface area contributed by atoms with Crippen LogP contribution in [0.1, 0.15) is 32.3 Å². The molecule has 3 nitrogen and oxygen atoms in total. The van der Waals surface area contributed by atoms with E-state index in [1.165, 1.54) is 0 Å². The number of thiophene rings is 1. The first-order valence-electron chi connectivity index (χ1n) is 5.77. The molecule has 0 unspecified atom stereocenters. The highest BCUT2D eigenvalue weighted by molar-refractivity contribution is 7.07. The van der Waals surface area contributed by atoms with E-state index in [-0.39, 0.29) is 5.91 Å². The molecule has 0 aliphatic heterocycles. The summed E-state index contributed by atoms with van der Waals surface area (Å²) in [5, 5.41) is 13.2. The molecule has 4 heteroatoms. The van der Waals surface area contributed by atoms with Crippen LogP contribution in [-0.2, 0) is 11.3 Å². The van der Waals surface area contributed by atoms with Gasteiger partial charge in [-0.1, -0.05) is 13.8 Å². The second-order valence-corrected chi connectivity index (χ2v) is 4.97. The summed E-state index contributed by atoms with van der Waals surface area (Å²) in [4.78, 5) is 13.9. The van der Waals surface area contributed by atoms with Crippen LogP contribution < -0.4 is 0 Å². The molecule has 0 atom stereocenters. The van der Waals surface area contributed by atoms with Gasteiger partial charge in [-0.25, -0.2) is 0 Å². The van der Waals surface area contributed by atoms with Gasteiger partial charge in [0.1, 0.15) is 5.41 Å². The molecule has 0 aromatic carbocycles. The van der Waals surface area contributed by atoms with Gasteiger partial charge in [0.05, 0.1) is 6.07 Å². The van der Waals surface area contributed by atoms with Crippen LogP contribution in [0.15, 0.2) is 16.8 Å². The first kappa shape index (κ1) is 13.7. The number of nitrogens with zero attached hydrogens (tertiary/aromatic N) is 2. The Morgan fingerprint density at radius 1 is 1.53 bits per heavy atom.